The highest BCUT2D eigenvalue weighted by Gasteiger charge is 2.23. The van der Waals surface area contributed by atoms with Gasteiger partial charge in [0.05, 0.1) is 26.4 Å². The summed E-state index contributed by atoms with van der Waals surface area (Å²) in [7, 11) is 3.53. The van der Waals surface area contributed by atoms with E-state index in [0.717, 1.165) is 51.1 Å². The van der Waals surface area contributed by atoms with E-state index in [1.807, 2.05) is 19.2 Å². The quantitative estimate of drug-likeness (QED) is 0.221. The number of hydrogen-bond donors (Lipinski definition) is 2. The first-order chi connectivity index (χ1) is 13.3. The van der Waals surface area contributed by atoms with Crippen LogP contribution in [0.15, 0.2) is 29.3 Å². The molecule has 1 aromatic rings. The van der Waals surface area contributed by atoms with Gasteiger partial charge in [0.25, 0.3) is 0 Å². The van der Waals surface area contributed by atoms with Gasteiger partial charge in [-0.15, -0.1) is 24.0 Å². The zero-order valence-corrected chi connectivity index (χ0v) is 19.9. The van der Waals surface area contributed by atoms with E-state index in [9.17, 15) is 0 Å². The molecule has 0 bridgehead atoms. The Kier molecular flexibility index (Phi) is 13.3. The van der Waals surface area contributed by atoms with Gasteiger partial charge in [-0.3, -0.25) is 9.89 Å². The van der Waals surface area contributed by atoms with E-state index in [1.54, 1.807) is 7.11 Å². The molecule has 0 amide bonds. The molecule has 7 heteroatoms. The predicted octanol–water partition coefficient (Wildman–Crippen LogP) is 3.43. The van der Waals surface area contributed by atoms with Gasteiger partial charge in [0.2, 0.25) is 0 Å². The molecule has 0 aromatic heterocycles. The third kappa shape index (κ3) is 8.53. The van der Waals surface area contributed by atoms with Crippen molar-refractivity contribution < 1.29 is 9.47 Å². The van der Waals surface area contributed by atoms with E-state index in [2.05, 4.69) is 39.6 Å². The topological polar surface area (TPSA) is 58.1 Å². The van der Waals surface area contributed by atoms with Crippen molar-refractivity contribution in [2.75, 3.05) is 53.6 Å². The number of aliphatic imine (C=N–C) groups is 1. The first kappa shape index (κ1) is 25.0. The third-order valence-corrected chi connectivity index (χ3v) is 5.00. The van der Waals surface area contributed by atoms with Crippen LogP contribution in [0.5, 0.6) is 5.75 Å². The number of rotatable bonds is 10. The highest BCUT2D eigenvalue weighted by Crippen LogP contribution is 2.23. The number of nitrogens with zero attached hydrogens (tertiary/aromatic N) is 2. The second-order valence-electron chi connectivity index (χ2n) is 6.88. The number of hydrogen-bond acceptors (Lipinski definition) is 4. The highest BCUT2D eigenvalue weighted by atomic mass is 127. The Balaban J connectivity index is 0.00000392. The van der Waals surface area contributed by atoms with Gasteiger partial charge in [-0.25, -0.2) is 0 Å². The summed E-state index contributed by atoms with van der Waals surface area (Å²) < 4.78 is 10.8. The highest BCUT2D eigenvalue weighted by molar-refractivity contribution is 14.0. The van der Waals surface area contributed by atoms with Gasteiger partial charge < -0.3 is 20.1 Å². The molecule has 6 nitrogen and oxygen atoms in total. The lowest BCUT2D eigenvalue weighted by atomic mass is 10.0. The Morgan fingerprint density at radius 2 is 1.86 bits per heavy atom. The molecule has 1 aliphatic rings. The molecule has 1 atom stereocenters. The minimum Gasteiger partial charge on any atom is -0.497 e. The molecule has 1 aromatic carbocycles. The number of guanidine groups is 1. The van der Waals surface area contributed by atoms with Gasteiger partial charge in [-0.1, -0.05) is 38.3 Å². The van der Waals surface area contributed by atoms with Gasteiger partial charge in [0, 0.05) is 33.2 Å². The van der Waals surface area contributed by atoms with Crippen molar-refractivity contribution in [3.05, 3.63) is 29.8 Å². The summed E-state index contributed by atoms with van der Waals surface area (Å²) in [6.07, 6.45) is 5.00. The number of ether oxygens (including phenoxy) is 2. The Labute approximate surface area is 187 Å². The molecule has 0 spiro atoms. The smallest absolute Gasteiger partial charge is 0.191 e. The van der Waals surface area contributed by atoms with Gasteiger partial charge in [-0.2, -0.15) is 0 Å². The summed E-state index contributed by atoms with van der Waals surface area (Å²) in [5.41, 5.74) is 1.28. The molecular weight excluding hydrogens is 467 g/mol. The molecule has 160 valence electrons. The fourth-order valence-corrected chi connectivity index (χ4v) is 3.35. The second kappa shape index (κ2) is 14.9. The van der Waals surface area contributed by atoms with E-state index in [1.165, 1.54) is 31.2 Å². The molecular formula is C21H37IN4O2. The van der Waals surface area contributed by atoms with Crippen LogP contribution < -0.4 is 15.4 Å². The number of methoxy groups -OCH3 is 1. The van der Waals surface area contributed by atoms with Crippen LogP contribution in [0.3, 0.4) is 0 Å². The van der Waals surface area contributed by atoms with Crippen molar-refractivity contribution in [1.29, 1.82) is 0 Å². The van der Waals surface area contributed by atoms with Crippen LogP contribution in [0.2, 0.25) is 0 Å². The summed E-state index contributed by atoms with van der Waals surface area (Å²) in [5.74, 6) is 1.76. The zero-order valence-electron chi connectivity index (χ0n) is 17.6. The molecule has 1 fully saturated rings. The van der Waals surface area contributed by atoms with Crippen molar-refractivity contribution in [1.82, 2.24) is 15.5 Å². The fraction of sp³-hybridized carbons (Fsp3) is 0.667. The number of halogens is 1. The Hall–Kier alpha value is -1.06. The van der Waals surface area contributed by atoms with Crippen molar-refractivity contribution in [3.8, 4) is 5.75 Å². The van der Waals surface area contributed by atoms with Gasteiger partial charge >= 0.3 is 0 Å². The normalized spacial score (nSPS) is 16.2. The van der Waals surface area contributed by atoms with Crippen LogP contribution in [0.4, 0.5) is 0 Å². The van der Waals surface area contributed by atoms with E-state index in [0.29, 0.717) is 0 Å². The molecule has 1 unspecified atom stereocenters. The Bertz CT molecular complexity index is 548. The summed E-state index contributed by atoms with van der Waals surface area (Å²) >= 11 is 0. The van der Waals surface area contributed by atoms with Crippen LogP contribution in [0, 0.1) is 0 Å². The minimum absolute atomic E-state index is 0. The van der Waals surface area contributed by atoms with Gasteiger partial charge in [0.1, 0.15) is 5.75 Å². The Morgan fingerprint density at radius 1 is 1.14 bits per heavy atom. The van der Waals surface area contributed by atoms with Crippen molar-refractivity contribution in [2.24, 2.45) is 4.99 Å². The molecule has 1 heterocycles. The maximum atomic E-state index is 5.54. The molecule has 1 aliphatic heterocycles. The van der Waals surface area contributed by atoms with E-state index >= 15 is 0 Å². The van der Waals surface area contributed by atoms with Crippen LogP contribution in [0.1, 0.15) is 44.2 Å². The SMILES string of the molecule is CCCCCCNC(=NC)NCC(c1ccc(OC)cc1)N1CCOCC1.I. The molecule has 2 rings (SSSR count). The van der Waals surface area contributed by atoms with Crippen LogP contribution >= 0.6 is 24.0 Å². The van der Waals surface area contributed by atoms with E-state index in [-0.39, 0.29) is 30.0 Å². The predicted molar refractivity (Wildman–Crippen MR) is 127 cm³/mol. The summed E-state index contributed by atoms with van der Waals surface area (Å²) in [6, 6.07) is 8.65. The second-order valence-corrected chi connectivity index (χ2v) is 6.88. The van der Waals surface area contributed by atoms with Gasteiger partial charge in [0.15, 0.2) is 5.96 Å². The van der Waals surface area contributed by atoms with Gasteiger partial charge in [-0.05, 0) is 24.1 Å². The molecule has 0 saturated carbocycles. The molecule has 0 aliphatic carbocycles. The largest absolute Gasteiger partial charge is 0.497 e. The average Bonchev–Trinajstić information content (AvgIpc) is 2.73. The molecule has 0 radical (unpaired) electrons. The summed E-state index contributed by atoms with van der Waals surface area (Å²) in [4.78, 5) is 6.85. The van der Waals surface area contributed by atoms with Crippen LogP contribution in [0.25, 0.3) is 0 Å². The van der Waals surface area contributed by atoms with E-state index in [4.69, 9.17) is 9.47 Å². The fourth-order valence-electron chi connectivity index (χ4n) is 3.35. The first-order valence-electron chi connectivity index (χ1n) is 10.2. The molecule has 2 N–H and O–H groups in total. The Morgan fingerprint density at radius 3 is 2.46 bits per heavy atom. The number of unbranched alkanes of at least 4 members (excludes halogenated alkanes) is 3. The minimum atomic E-state index is 0. The number of nitrogens with one attached hydrogen (secondary N) is 2. The van der Waals surface area contributed by atoms with Crippen molar-refractivity contribution >= 4 is 29.9 Å². The number of benzene rings is 1. The number of morpholine rings is 1. The van der Waals surface area contributed by atoms with Crippen molar-refractivity contribution in [3.63, 3.8) is 0 Å². The molecule has 28 heavy (non-hydrogen) atoms. The molecule has 1 saturated heterocycles. The standard InChI is InChI=1S/C21H36N4O2.HI/c1-4-5-6-7-12-23-21(22-2)24-17-20(25-13-15-27-16-14-25)18-8-10-19(26-3)11-9-18;/h8-11,20H,4-7,12-17H2,1-3H3,(H2,22,23,24);1H. The summed E-state index contributed by atoms with van der Waals surface area (Å²) in [5, 5.41) is 6.94. The monoisotopic (exact) mass is 504 g/mol. The lowest BCUT2D eigenvalue weighted by molar-refractivity contribution is 0.0170. The third-order valence-electron chi connectivity index (χ3n) is 5.00. The van der Waals surface area contributed by atoms with Crippen molar-refractivity contribution in [2.45, 2.75) is 38.6 Å². The summed E-state index contributed by atoms with van der Waals surface area (Å²) in [6.45, 7) is 7.47. The van der Waals surface area contributed by atoms with Crippen LogP contribution in [-0.2, 0) is 4.74 Å². The first-order valence-corrected chi connectivity index (χ1v) is 10.2. The zero-order chi connectivity index (χ0) is 19.3. The maximum Gasteiger partial charge on any atom is 0.191 e. The van der Waals surface area contributed by atoms with E-state index < -0.39 is 0 Å². The maximum absolute atomic E-state index is 5.54. The average molecular weight is 504 g/mol. The lowest BCUT2D eigenvalue weighted by Gasteiger charge is -2.35. The van der Waals surface area contributed by atoms with Crippen LogP contribution in [-0.4, -0.2) is 64.4 Å². The lowest BCUT2D eigenvalue weighted by Crippen LogP contribution is -2.46.